The maximum absolute atomic E-state index is 11.5. The third kappa shape index (κ3) is 6.08. The third-order valence-corrected chi connectivity index (χ3v) is 3.45. The molecule has 1 aromatic carbocycles. The molecule has 6 nitrogen and oxygen atoms in total. The fraction of sp³-hybridized carbons (Fsp3) is 0.400. The molecule has 1 rings (SSSR count). The number of carbonyl (C=O) groups is 2. The molecule has 0 fully saturated rings. The Kier molecular flexibility index (Phi) is 7.85. The number of nitrogens with zero attached hydrogens (tertiary/aromatic N) is 1. The summed E-state index contributed by atoms with van der Waals surface area (Å²) in [5, 5.41) is 6.91. The second kappa shape index (κ2) is 9.37. The maximum Gasteiger partial charge on any atom is 0.329 e. The van der Waals surface area contributed by atoms with E-state index < -0.39 is 11.8 Å². The monoisotopic (exact) mass is 359 g/mol. The molecule has 1 atom stereocenters. The summed E-state index contributed by atoms with van der Waals surface area (Å²) >= 11 is 12.1. The summed E-state index contributed by atoms with van der Waals surface area (Å²) in [5.41, 5.74) is 2.70. The highest BCUT2D eigenvalue weighted by atomic mass is 35.5. The summed E-state index contributed by atoms with van der Waals surface area (Å²) in [6, 6.07) is 3.10. The largest absolute Gasteiger partial charge is 0.491 e. The van der Waals surface area contributed by atoms with Gasteiger partial charge in [-0.15, -0.1) is 0 Å². The molecular weight excluding hydrogens is 341 g/mol. The quantitative estimate of drug-likeness (QED) is 0.465. The van der Waals surface area contributed by atoms with E-state index in [1.807, 2.05) is 13.8 Å². The first kappa shape index (κ1) is 19.3. The van der Waals surface area contributed by atoms with Crippen LogP contribution in [0.4, 0.5) is 0 Å². The fourth-order valence-corrected chi connectivity index (χ4v) is 2.16. The van der Waals surface area contributed by atoms with Gasteiger partial charge in [-0.3, -0.25) is 9.59 Å². The molecule has 0 unspecified atom stereocenters. The van der Waals surface area contributed by atoms with Crippen LogP contribution in [-0.2, 0) is 9.59 Å². The Bertz CT molecular complexity index is 583. The van der Waals surface area contributed by atoms with Gasteiger partial charge >= 0.3 is 11.8 Å². The van der Waals surface area contributed by atoms with Crippen LogP contribution in [0.15, 0.2) is 17.2 Å². The van der Waals surface area contributed by atoms with E-state index in [2.05, 4.69) is 15.8 Å². The number of hydrazone groups is 1. The molecule has 1 aromatic rings. The Hall–Kier alpha value is -1.79. The number of halogens is 2. The first-order valence-corrected chi connectivity index (χ1v) is 7.90. The molecule has 0 spiro atoms. The van der Waals surface area contributed by atoms with E-state index in [1.54, 1.807) is 19.1 Å². The Morgan fingerprint density at radius 3 is 2.39 bits per heavy atom. The van der Waals surface area contributed by atoms with Crippen molar-refractivity contribution in [3.05, 3.63) is 27.7 Å². The standard InChI is InChI=1S/C15H19Cl2N3O3/c1-4-9(3)19-14(21)15(22)20-18-8-10-6-11(16)13(23-5-2)12(17)7-10/h6-9H,4-5H2,1-3H3,(H,19,21)(H,20,22)/b18-8-/t9-/m0/s1. The second-order valence-electron chi connectivity index (χ2n) is 4.73. The van der Waals surface area contributed by atoms with Crippen molar-refractivity contribution in [3.8, 4) is 5.75 Å². The summed E-state index contributed by atoms with van der Waals surface area (Å²) in [7, 11) is 0. The molecule has 0 aromatic heterocycles. The van der Waals surface area contributed by atoms with Gasteiger partial charge in [0.05, 0.1) is 22.9 Å². The molecule has 0 bridgehead atoms. The molecule has 0 heterocycles. The van der Waals surface area contributed by atoms with Crippen LogP contribution < -0.4 is 15.5 Å². The summed E-state index contributed by atoms with van der Waals surface area (Å²) in [4.78, 5) is 23.1. The SMILES string of the molecule is CCOc1c(Cl)cc(/C=N\NC(=O)C(=O)N[C@@H](C)CC)cc1Cl. The predicted octanol–water partition coefficient (Wildman–Crippen LogP) is 2.76. The van der Waals surface area contributed by atoms with Gasteiger partial charge in [-0.05, 0) is 38.0 Å². The normalized spacial score (nSPS) is 12.0. The number of nitrogens with one attached hydrogen (secondary N) is 2. The zero-order valence-electron chi connectivity index (χ0n) is 13.2. The lowest BCUT2D eigenvalue weighted by Crippen LogP contribution is -2.41. The van der Waals surface area contributed by atoms with Crippen LogP contribution in [0.5, 0.6) is 5.75 Å². The summed E-state index contributed by atoms with van der Waals surface area (Å²) in [5.74, 6) is -1.19. The molecule has 8 heteroatoms. The van der Waals surface area contributed by atoms with Gasteiger partial charge in [0.15, 0.2) is 5.75 Å². The average molecular weight is 360 g/mol. The van der Waals surface area contributed by atoms with Crippen LogP contribution in [0.2, 0.25) is 10.0 Å². The third-order valence-electron chi connectivity index (χ3n) is 2.89. The first-order chi connectivity index (χ1) is 10.9. The van der Waals surface area contributed by atoms with Gasteiger partial charge in [-0.2, -0.15) is 5.10 Å². The van der Waals surface area contributed by atoms with Crippen LogP contribution in [-0.4, -0.2) is 30.7 Å². The molecular formula is C15H19Cl2N3O3. The van der Waals surface area contributed by atoms with Crippen molar-refractivity contribution >= 4 is 41.2 Å². The summed E-state index contributed by atoms with van der Waals surface area (Å²) in [6.07, 6.45) is 2.06. The van der Waals surface area contributed by atoms with Crippen molar-refractivity contribution < 1.29 is 14.3 Å². The lowest BCUT2D eigenvalue weighted by atomic mass is 10.2. The van der Waals surface area contributed by atoms with Gasteiger partial charge in [0, 0.05) is 6.04 Å². The van der Waals surface area contributed by atoms with Crippen molar-refractivity contribution in [1.82, 2.24) is 10.7 Å². The molecule has 2 amide bonds. The minimum Gasteiger partial charge on any atom is -0.491 e. The van der Waals surface area contributed by atoms with E-state index in [1.165, 1.54) is 6.21 Å². The van der Waals surface area contributed by atoms with E-state index in [0.717, 1.165) is 6.42 Å². The lowest BCUT2D eigenvalue weighted by Gasteiger charge is -2.10. The van der Waals surface area contributed by atoms with Crippen LogP contribution in [0.25, 0.3) is 0 Å². The predicted molar refractivity (Wildman–Crippen MR) is 91.3 cm³/mol. The smallest absolute Gasteiger partial charge is 0.329 e. The fourth-order valence-electron chi connectivity index (χ4n) is 1.54. The number of rotatable bonds is 6. The molecule has 0 aliphatic heterocycles. The zero-order chi connectivity index (χ0) is 17.4. The van der Waals surface area contributed by atoms with Crippen molar-refractivity contribution in [2.75, 3.05) is 6.61 Å². The Morgan fingerprint density at radius 2 is 1.87 bits per heavy atom. The van der Waals surface area contributed by atoms with Gasteiger partial charge in [0.2, 0.25) is 0 Å². The molecule has 0 saturated heterocycles. The Balaban J connectivity index is 2.68. The second-order valence-corrected chi connectivity index (χ2v) is 5.54. The minimum atomic E-state index is -0.843. The van der Waals surface area contributed by atoms with Gasteiger partial charge in [0.25, 0.3) is 0 Å². The van der Waals surface area contributed by atoms with E-state index in [-0.39, 0.29) is 6.04 Å². The van der Waals surface area contributed by atoms with Crippen molar-refractivity contribution in [2.24, 2.45) is 5.10 Å². The van der Waals surface area contributed by atoms with Gasteiger partial charge in [-0.1, -0.05) is 30.1 Å². The molecule has 0 aliphatic carbocycles. The number of hydrogen-bond donors (Lipinski definition) is 2. The Labute approximate surface area is 145 Å². The van der Waals surface area contributed by atoms with E-state index in [0.29, 0.717) is 28.0 Å². The van der Waals surface area contributed by atoms with Crippen LogP contribution in [0, 0.1) is 0 Å². The zero-order valence-corrected chi connectivity index (χ0v) is 14.7. The number of benzene rings is 1. The van der Waals surface area contributed by atoms with Gasteiger partial charge < -0.3 is 10.1 Å². The lowest BCUT2D eigenvalue weighted by molar-refractivity contribution is -0.139. The number of ether oxygens (including phenoxy) is 1. The molecule has 0 radical (unpaired) electrons. The van der Waals surface area contributed by atoms with Crippen molar-refractivity contribution in [2.45, 2.75) is 33.2 Å². The highest BCUT2D eigenvalue weighted by Gasteiger charge is 2.14. The number of amides is 2. The van der Waals surface area contributed by atoms with Crippen molar-refractivity contribution in [1.29, 1.82) is 0 Å². The maximum atomic E-state index is 11.5. The number of hydrogen-bond acceptors (Lipinski definition) is 4. The van der Waals surface area contributed by atoms with Crippen LogP contribution in [0.3, 0.4) is 0 Å². The average Bonchev–Trinajstić information content (AvgIpc) is 2.50. The molecule has 2 N–H and O–H groups in total. The highest BCUT2D eigenvalue weighted by molar-refractivity contribution is 6.37. The van der Waals surface area contributed by atoms with E-state index >= 15 is 0 Å². The van der Waals surface area contributed by atoms with Crippen molar-refractivity contribution in [3.63, 3.8) is 0 Å². The minimum absolute atomic E-state index is 0.0825. The van der Waals surface area contributed by atoms with E-state index in [4.69, 9.17) is 27.9 Å². The van der Waals surface area contributed by atoms with Crippen LogP contribution >= 0.6 is 23.2 Å². The molecule has 126 valence electrons. The topological polar surface area (TPSA) is 79.8 Å². The highest BCUT2D eigenvalue weighted by Crippen LogP contribution is 2.33. The summed E-state index contributed by atoms with van der Waals surface area (Å²) < 4.78 is 5.31. The number of carbonyl (C=O) groups excluding carboxylic acids is 2. The Morgan fingerprint density at radius 1 is 1.26 bits per heavy atom. The molecule has 23 heavy (non-hydrogen) atoms. The van der Waals surface area contributed by atoms with Gasteiger partial charge in [-0.25, -0.2) is 5.43 Å². The molecule has 0 aliphatic rings. The van der Waals surface area contributed by atoms with Gasteiger partial charge in [0.1, 0.15) is 0 Å². The summed E-state index contributed by atoms with van der Waals surface area (Å²) in [6.45, 7) is 5.97. The first-order valence-electron chi connectivity index (χ1n) is 7.14. The van der Waals surface area contributed by atoms with E-state index in [9.17, 15) is 9.59 Å². The van der Waals surface area contributed by atoms with Crippen LogP contribution in [0.1, 0.15) is 32.8 Å². The molecule has 0 saturated carbocycles.